The Morgan fingerprint density at radius 2 is 2.25 bits per heavy atom. The number of ether oxygens (including phenoxy) is 1. The summed E-state index contributed by atoms with van der Waals surface area (Å²) in [7, 11) is 1.04. The highest BCUT2D eigenvalue weighted by molar-refractivity contribution is 8.16. The Balaban J connectivity index is 2.37. The lowest BCUT2D eigenvalue weighted by Crippen LogP contribution is -2.24. The predicted molar refractivity (Wildman–Crippen MR) is 113 cm³/mol. The maximum atomic E-state index is 13.1. The van der Waals surface area contributed by atoms with Crippen LogP contribution in [0.1, 0.15) is 49.0 Å². The van der Waals surface area contributed by atoms with Crippen LogP contribution in [0.3, 0.4) is 0 Å². The van der Waals surface area contributed by atoms with E-state index in [2.05, 4.69) is 26.0 Å². The number of carboxylic acid groups (broad SMARTS) is 1. The zero-order valence-electron chi connectivity index (χ0n) is 17.2. The third-order valence-electron chi connectivity index (χ3n) is 5.01. The number of allylic oxidation sites excluding steroid dienone is 2. The number of fused-ring (bicyclic) bond motifs is 1. The maximum Gasteiger partial charge on any atom is 0.342 e. The Kier molecular flexibility index (Phi) is 8.09. The molecule has 0 fully saturated rings. The molecule has 0 spiro atoms. The van der Waals surface area contributed by atoms with E-state index in [1.54, 1.807) is 6.07 Å². The van der Waals surface area contributed by atoms with Crippen molar-refractivity contribution in [2.45, 2.75) is 45.6 Å². The smallest absolute Gasteiger partial charge is 0.342 e. The molecule has 1 aromatic rings. The van der Waals surface area contributed by atoms with Crippen LogP contribution in [0.15, 0.2) is 42.5 Å². The van der Waals surface area contributed by atoms with Gasteiger partial charge in [-0.05, 0) is 56.0 Å². The van der Waals surface area contributed by atoms with Gasteiger partial charge in [-0.3, -0.25) is 0 Å². The molecule has 149 valence electrons. The first kappa shape index (κ1) is 20.6. The van der Waals surface area contributed by atoms with Crippen LogP contribution < -0.4 is 4.18 Å². The van der Waals surface area contributed by atoms with E-state index in [0.29, 0.717) is 42.4 Å². The fourth-order valence-corrected chi connectivity index (χ4v) is 3.47. The second-order valence-electron chi connectivity index (χ2n) is 7.07. The van der Waals surface area contributed by atoms with Crippen LogP contribution in [0, 0.1) is 11.8 Å². The number of carbonyl (C=O) groups is 2. The van der Waals surface area contributed by atoms with Crippen molar-refractivity contribution in [2.24, 2.45) is 11.8 Å². The Morgan fingerprint density at radius 1 is 1.43 bits per heavy atom. The van der Waals surface area contributed by atoms with E-state index in [-0.39, 0.29) is 0 Å². The average Bonchev–Trinajstić information content (AvgIpc) is 2.68. The van der Waals surface area contributed by atoms with Crippen molar-refractivity contribution in [2.75, 3.05) is 0 Å². The number of rotatable bonds is 6. The van der Waals surface area contributed by atoms with E-state index in [4.69, 9.17) is 15.4 Å². The Hall–Kier alpha value is -2.15. The van der Waals surface area contributed by atoms with Gasteiger partial charge in [0, 0.05) is 12.5 Å². The summed E-state index contributed by atoms with van der Waals surface area (Å²) in [4.78, 5) is 23.9. The molecule has 0 aliphatic carbocycles. The second-order valence-corrected chi connectivity index (χ2v) is 7.43. The van der Waals surface area contributed by atoms with Crippen molar-refractivity contribution in [1.29, 1.82) is 1.34 Å². The highest BCUT2D eigenvalue weighted by atomic mass is 32.2. The summed E-state index contributed by atoms with van der Waals surface area (Å²) in [6.45, 7) is 4.29. The molecule has 1 heterocycles. The van der Waals surface area contributed by atoms with Crippen LogP contribution in [-0.2, 0) is 16.0 Å². The number of carboxylic acids is 1. The monoisotopic (exact) mass is 403 g/mol. The van der Waals surface area contributed by atoms with Gasteiger partial charge in [-0.2, -0.15) is 0 Å². The molecule has 0 bridgehead atoms. The van der Waals surface area contributed by atoms with Gasteiger partial charge < -0.3 is 14.0 Å². The molecule has 1 N–H and O–H groups in total. The third-order valence-corrected chi connectivity index (χ3v) is 5.28. The quantitative estimate of drug-likeness (QED) is 0.252. The number of carbonyl (C=O) groups excluding carboxylic acids is 1. The van der Waals surface area contributed by atoms with E-state index < -0.39 is 18.0 Å². The Bertz CT molecular complexity index is 767. The predicted octanol–water partition coefficient (Wildman–Crippen LogP) is 4.25. The molecule has 1 radical (unpaired) electrons. The molecule has 2 rings (SSSR count). The van der Waals surface area contributed by atoms with Crippen LogP contribution in [0.4, 0.5) is 0 Å². The van der Waals surface area contributed by atoms with Gasteiger partial charge in [0.2, 0.25) is 7.09 Å². The average molecular weight is 403 g/mol. The van der Waals surface area contributed by atoms with Gasteiger partial charge in [0.15, 0.2) is 5.75 Å². The summed E-state index contributed by atoms with van der Waals surface area (Å²) >= 11 is 0.823. The SMILES string of the molecule is [3H][B]SOc1cccc2c1C(=O)O[C@@H](C/C=C/C(=O)O)C[C@@H](C)[C@@H](C)C/C=C/C2. The van der Waals surface area contributed by atoms with Gasteiger partial charge >= 0.3 is 11.9 Å². The second kappa shape index (κ2) is 11.0. The molecule has 1 aliphatic heterocycles. The van der Waals surface area contributed by atoms with Gasteiger partial charge in [0.25, 0.3) is 0 Å². The number of benzene rings is 1. The summed E-state index contributed by atoms with van der Waals surface area (Å²) < 4.78 is 18.5. The summed E-state index contributed by atoms with van der Waals surface area (Å²) in [6, 6.07) is 5.35. The lowest BCUT2D eigenvalue weighted by Gasteiger charge is -2.25. The summed E-state index contributed by atoms with van der Waals surface area (Å²) in [5.74, 6) is -0.458. The lowest BCUT2D eigenvalue weighted by atomic mass is 9.87. The Morgan fingerprint density at radius 3 is 3.00 bits per heavy atom. The third kappa shape index (κ3) is 6.48. The summed E-state index contributed by atoms with van der Waals surface area (Å²) in [5, 5.41) is 8.85. The van der Waals surface area contributed by atoms with E-state index in [1.165, 1.54) is 6.08 Å². The highest BCUT2D eigenvalue weighted by Gasteiger charge is 2.25. The minimum absolute atomic E-state index is 0.300. The fourth-order valence-electron chi connectivity index (χ4n) is 3.22. The molecule has 0 saturated carbocycles. The fraction of sp³-hybridized carbons (Fsp3) is 0.429. The summed E-state index contributed by atoms with van der Waals surface area (Å²) in [6.07, 6.45) is 8.81. The molecule has 1 aromatic carbocycles. The largest absolute Gasteiger partial charge is 0.478 e. The number of aliphatic carboxylic acids is 1. The number of hydrogen-bond donors (Lipinski definition) is 1. The number of cyclic esters (lactones) is 1. The molecule has 0 aromatic heterocycles. The molecular weight excluding hydrogens is 375 g/mol. The first-order chi connectivity index (χ1) is 13.9. The zero-order valence-corrected chi connectivity index (χ0v) is 17.0. The van der Waals surface area contributed by atoms with Crippen LogP contribution in [0.25, 0.3) is 0 Å². The van der Waals surface area contributed by atoms with Crippen LogP contribution in [0.5, 0.6) is 5.75 Å². The zero-order chi connectivity index (χ0) is 21.2. The molecule has 7 heteroatoms. The molecule has 0 amide bonds. The molecule has 0 unspecified atom stereocenters. The van der Waals surface area contributed by atoms with Crippen LogP contribution in [0.2, 0.25) is 0 Å². The number of hydrogen-bond acceptors (Lipinski definition) is 5. The molecular formula is C21H26BO5S. The molecule has 28 heavy (non-hydrogen) atoms. The van der Waals surface area contributed by atoms with Gasteiger partial charge in [-0.1, -0.05) is 44.2 Å². The van der Waals surface area contributed by atoms with Crippen molar-refractivity contribution in [3.05, 3.63) is 53.6 Å². The highest BCUT2D eigenvalue weighted by Crippen LogP contribution is 2.30. The van der Waals surface area contributed by atoms with Crippen molar-refractivity contribution in [1.82, 2.24) is 0 Å². The van der Waals surface area contributed by atoms with E-state index in [0.717, 1.165) is 37.0 Å². The van der Waals surface area contributed by atoms with Gasteiger partial charge in [0.1, 0.15) is 11.7 Å². The van der Waals surface area contributed by atoms with E-state index in [9.17, 15) is 9.59 Å². The minimum atomic E-state index is -1.03. The van der Waals surface area contributed by atoms with Crippen molar-refractivity contribution < 1.29 is 23.6 Å². The molecule has 3 atom stereocenters. The first-order valence-electron chi connectivity index (χ1n) is 9.90. The van der Waals surface area contributed by atoms with Crippen molar-refractivity contribution in [3.8, 4) is 5.75 Å². The maximum absolute atomic E-state index is 13.1. The first-order valence-corrected chi connectivity index (χ1v) is 10.1. The van der Waals surface area contributed by atoms with Crippen molar-refractivity contribution in [3.63, 3.8) is 0 Å². The normalized spacial score (nSPS) is 24.9. The molecule has 0 saturated heterocycles. The minimum Gasteiger partial charge on any atom is -0.478 e. The van der Waals surface area contributed by atoms with Crippen LogP contribution in [-0.4, -0.2) is 31.6 Å². The van der Waals surface area contributed by atoms with Gasteiger partial charge in [-0.15, -0.1) is 0 Å². The van der Waals surface area contributed by atoms with E-state index in [1.807, 2.05) is 12.1 Å². The Labute approximate surface area is 173 Å². The lowest BCUT2D eigenvalue weighted by molar-refractivity contribution is -0.131. The molecule has 5 nitrogen and oxygen atoms in total. The summed E-state index contributed by atoms with van der Waals surface area (Å²) in [5.41, 5.74) is 1.13. The standard InChI is InChI=1S/C21H26BO5S/c1-14-7-3-4-8-16-9-5-11-18(27-28-22)20(16)21(25)26-17(13-15(14)2)10-6-12-19(23)24/h3-6,9,11-12,14-15,17,22H,7-8,10,13H2,1-2H3,(H,23,24)/b4-3+,12-6+/t14-,15+,17-/m0/s1/i22T. The topological polar surface area (TPSA) is 72.8 Å². The molecule has 1 aliphatic rings. The van der Waals surface area contributed by atoms with Gasteiger partial charge in [0.05, 0.1) is 0 Å². The van der Waals surface area contributed by atoms with Crippen LogP contribution >= 0.6 is 11.9 Å². The number of esters is 1. The van der Waals surface area contributed by atoms with Gasteiger partial charge in [-0.25, -0.2) is 9.59 Å². The van der Waals surface area contributed by atoms with E-state index >= 15 is 0 Å². The van der Waals surface area contributed by atoms with Crippen molar-refractivity contribution >= 4 is 30.9 Å².